The van der Waals surface area contributed by atoms with E-state index in [1.807, 2.05) is 21.1 Å². The van der Waals surface area contributed by atoms with Crippen LogP contribution < -0.4 is 0 Å². The highest BCUT2D eigenvalue weighted by molar-refractivity contribution is 7.47. The van der Waals surface area contributed by atoms with Crippen LogP contribution in [0, 0.1) is 0 Å². The van der Waals surface area contributed by atoms with Crippen molar-refractivity contribution in [3.8, 4) is 0 Å². The standard InChI is InChI=1S/C74H128NO8P/c1-6-8-10-12-14-16-18-20-22-24-26-28-30-32-34-35-36-37-38-39-41-42-44-46-48-50-52-54-56-58-60-62-64-66-73(76)80-70-72(71-82-84(78,79)81-69-68-75(3,4)5)83-74(77)67-65-63-61-59-57-55-53-51-49-47-45-43-40-33-31-29-27-25-23-21-19-17-15-13-11-9-7-2/h9,11,15,17-18,20-21,23-24,26-27,29-30,32-33,40,45,47,51,53,72H,6-8,10,12-14,16,19,22,25,28,31,34-39,41-44,46,48-50,52,54-71H2,1-5H3/p+1/b11-9-,17-15-,20-18-,23-21-,26-24-,29-27-,32-30-,40-33-,47-45-,53-51-. The van der Waals surface area contributed by atoms with Crippen molar-refractivity contribution >= 4 is 19.8 Å². The molecule has 10 heteroatoms. The number of quaternary nitrogens is 1. The molecule has 1 N–H and O–H groups in total. The SMILES string of the molecule is CC/C=C\C/C=C\C/C=C\C/C=C\C/C=C\C/C=C\C/C=C\CCCCCCCC(=O)OC(COC(=O)CCCCCCCCCCCCCCCCCCCC/C=C\C/C=C\C/C=C\CCCCCCC)COP(=O)(O)OCC[N+](C)(C)C. The molecule has 0 aromatic carbocycles. The lowest BCUT2D eigenvalue weighted by Gasteiger charge is -2.24. The van der Waals surface area contributed by atoms with Crippen molar-refractivity contribution in [3.63, 3.8) is 0 Å². The number of phosphoric acid groups is 1. The summed E-state index contributed by atoms with van der Waals surface area (Å²) >= 11 is 0. The number of hydrogen-bond acceptors (Lipinski definition) is 7. The minimum Gasteiger partial charge on any atom is -0.462 e. The van der Waals surface area contributed by atoms with Crippen LogP contribution in [-0.2, 0) is 32.7 Å². The summed E-state index contributed by atoms with van der Waals surface area (Å²) in [6.45, 7) is 4.30. The van der Waals surface area contributed by atoms with E-state index in [0.717, 1.165) is 109 Å². The lowest BCUT2D eigenvalue weighted by Crippen LogP contribution is -2.37. The quantitative estimate of drug-likeness (QED) is 0.0211. The normalized spacial score (nSPS) is 13.9. The third-order valence-corrected chi connectivity index (χ3v) is 15.5. The van der Waals surface area contributed by atoms with Crippen molar-refractivity contribution in [1.82, 2.24) is 0 Å². The Balaban J connectivity index is 4.11. The smallest absolute Gasteiger partial charge is 0.462 e. The van der Waals surface area contributed by atoms with Gasteiger partial charge in [0.1, 0.15) is 19.8 Å². The molecule has 0 saturated carbocycles. The first-order valence-electron chi connectivity index (χ1n) is 34.3. The summed E-state index contributed by atoms with van der Waals surface area (Å²) in [6, 6.07) is 0. The number of ether oxygens (including phenoxy) is 2. The molecule has 0 heterocycles. The molecule has 2 atom stereocenters. The van der Waals surface area contributed by atoms with Crippen LogP contribution in [0.15, 0.2) is 122 Å². The molecule has 2 unspecified atom stereocenters. The molecule has 0 aliphatic carbocycles. The zero-order valence-electron chi connectivity index (χ0n) is 54.9. The van der Waals surface area contributed by atoms with Gasteiger partial charge in [-0.3, -0.25) is 18.6 Å². The second-order valence-corrected chi connectivity index (χ2v) is 25.3. The fourth-order valence-corrected chi connectivity index (χ4v) is 9.98. The fourth-order valence-electron chi connectivity index (χ4n) is 9.24. The highest BCUT2D eigenvalue weighted by Gasteiger charge is 2.27. The van der Waals surface area contributed by atoms with Crippen LogP contribution in [0.5, 0.6) is 0 Å². The number of phosphoric ester groups is 1. The maximum atomic E-state index is 12.9. The van der Waals surface area contributed by atoms with Gasteiger partial charge in [0, 0.05) is 12.8 Å². The van der Waals surface area contributed by atoms with E-state index in [1.165, 1.54) is 141 Å². The largest absolute Gasteiger partial charge is 0.472 e. The van der Waals surface area contributed by atoms with E-state index >= 15 is 0 Å². The van der Waals surface area contributed by atoms with Gasteiger partial charge in [0.05, 0.1) is 27.7 Å². The molecule has 0 bridgehead atoms. The lowest BCUT2D eigenvalue weighted by atomic mass is 10.0. The fraction of sp³-hybridized carbons (Fsp3) is 0.703. The van der Waals surface area contributed by atoms with Crippen molar-refractivity contribution in [2.75, 3.05) is 47.5 Å². The molecule has 9 nitrogen and oxygen atoms in total. The van der Waals surface area contributed by atoms with Crippen molar-refractivity contribution in [2.45, 2.75) is 290 Å². The number of allylic oxidation sites excluding steroid dienone is 20. The van der Waals surface area contributed by atoms with E-state index in [0.29, 0.717) is 17.4 Å². The van der Waals surface area contributed by atoms with Crippen LogP contribution in [-0.4, -0.2) is 74.9 Å². The predicted octanol–water partition coefficient (Wildman–Crippen LogP) is 22.3. The number of unbranched alkanes of at least 4 members (excludes halogenated alkanes) is 28. The van der Waals surface area contributed by atoms with Gasteiger partial charge in [-0.2, -0.15) is 0 Å². The summed E-state index contributed by atoms with van der Waals surface area (Å²) in [6.07, 6.45) is 91.5. The van der Waals surface area contributed by atoms with Gasteiger partial charge in [-0.1, -0.05) is 283 Å². The van der Waals surface area contributed by atoms with Crippen molar-refractivity contribution in [3.05, 3.63) is 122 Å². The van der Waals surface area contributed by atoms with Crippen LogP contribution in [0.25, 0.3) is 0 Å². The molecule has 0 amide bonds. The molecule has 0 aliphatic heterocycles. The number of rotatable bonds is 62. The molecule has 0 aromatic heterocycles. The van der Waals surface area contributed by atoms with E-state index < -0.39 is 26.5 Å². The molecule has 0 spiro atoms. The summed E-state index contributed by atoms with van der Waals surface area (Å²) in [5.41, 5.74) is 0. The van der Waals surface area contributed by atoms with Gasteiger partial charge in [0.15, 0.2) is 6.10 Å². The van der Waals surface area contributed by atoms with Gasteiger partial charge in [0.2, 0.25) is 0 Å². The number of carbonyl (C=O) groups is 2. The van der Waals surface area contributed by atoms with Crippen LogP contribution in [0.2, 0.25) is 0 Å². The monoisotopic (exact) mass is 1190 g/mol. The van der Waals surface area contributed by atoms with Gasteiger partial charge >= 0.3 is 19.8 Å². The first-order valence-corrected chi connectivity index (χ1v) is 35.8. The molecule has 0 aromatic rings. The third-order valence-electron chi connectivity index (χ3n) is 14.5. The minimum absolute atomic E-state index is 0.0222. The van der Waals surface area contributed by atoms with Gasteiger partial charge in [-0.25, -0.2) is 4.57 Å². The van der Waals surface area contributed by atoms with Crippen LogP contribution in [0.4, 0.5) is 0 Å². The average molecular weight is 1190 g/mol. The molecule has 0 rings (SSSR count). The van der Waals surface area contributed by atoms with Crippen molar-refractivity contribution < 1.29 is 42.1 Å². The van der Waals surface area contributed by atoms with Crippen LogP contribution >= 0.6 is 7.82 Å². The number of likely N-dealkylation sites (N-methyl/N-ethyl adjacent to an activating group) is 1. The lowest BCUT2D eigenvalue weighted by molar-refractivity contribution is -0.870. The summed E-state index contributed by atoms with van der Waals surface area (Å²) in [5.74, 6) is -0.819. The predicted molar refractivity (Wildman–Crippen MR) is 362 cm³/mol. The molecule has 84 heavy (non-hydrogen) atoms. The molecule has 482 valence electrons. The maximum absolute atomic E-state index is 12.9. The Labute approximate surface area is 518 Å². The molecular formula is C74H129NO8P+. The number of carbonyl (C=O) groups excluding carboxylic acids is 2. The van der Waals surface area contributed by atoms with Gasteiger partial charge in [-0.05, 0) is 109 Å². The topological polar surface area (TPSA) is 108 Å². The highest BCUT2D eigenvalue weighted by atomic mass is 31.2. The zero-order valence-corrected chi connectivity index (χ0v) is 55.7. The van der Waals surface area contributed by atoms with E-state index in [9.17, 15) is 19.0 Å². The summed E-state index contributed by atoms with van der Waals surface area (Å²) in [4.78, 5) is 35.8. The molecule has 0 fully saturated rings. The Morgan fingerprint density at radius 2 is 0.679 bits per heavy atom. The number of nitrogens with zero attached hydrogens (tertiary/aromatic N) is 1. The molecular weight excluding hydrogens is 1060 g/mol. The molecule has 0 radical (unpaired) electrons. The maximum Gasteiger partial charge on any atom is 0.472 e. The molecule has 0 aliphatic rings. The zero-order chi connectivity index (χ0) is 61.2. The Bertz CT molecular complexity index is 1830. The van der Waals surface area contributed by atoms with Crippen molar-refractivity contribution in [1.29, 1.82) is 0 Å². The third kappa shape index (κ3) is 67.5. The second-order valence-electron chi connectivity index (χ2n) is 23.8. The van der Waals surface area contributed by atoms with E-state index in [-0.39, 0.29) is 32.0 Å². The second kappa shape index (κ2) is 63.9. The van der Waals surface area contributed by atoms with E-state index in [1.54, 1.807) is 0 Å². The van der Waals surface area contributed by atoms with E-state index in [2.05, 4.69) is 135 Å². The summed E-state index contributed by atoms with van der Waals surface area (Å²) < 4.78 is 34.7. The summed E-state index contributed by atoms with van der Waals surface area (Å²) in [5, 5.41) is 0. The highest BCUT2D eigenvalue weighted by Crippen LogP contribution is 2.43. The summed E-state index contributed by atoms with van der Waals surface area (Å²) in [7, 11) is 1.45. The van der Waals surface area contributed by atoms with Gasteiger partial charge in [-0.15, -0.1) is 0 Å². The number of esters is 2. The van der Waals surface area contributed by atoms with Crippen molar-refractivity contribution in [2.24, 2.45) is 0 Å². The Kier molecular flexibility index (Phi) is 61.2. The van der Waals surface area contributed by atoms with Gasteiger partial charge in [0.25, 0.3) is 0 Å². The average Bonchev–Trinajstić information content (AvgIpc) is 3.61. The van der Waals surface area contributed by atoms with E-state index in [4.69, 9.17) is 18.5 Å². The van der Waals surface area contributed by atoms with Crippen LogP contribution in [0.1, 0.15) is 284 Å². The Morgan fingerprint density at radius 1 is 0.381 bits per heavy atom. The first-order chi connectivity index (χ1) is 41.0. The number of hydrogen-bond donors (Lipinski definition) is 1. The van der Waals surface area contributed by atoms with Crippen LogP contribution in [0.3, 0.4) is 0 Å². The molecule has 0 saturated heterocycles. The van der Waals surface area contributed by atoms with Gasteiger partial charge < -0.3 is 18.9 Å². The first kappa shape index (κ1) is 80.4. The Hall–Kier alpha value is -3.59. The minimum atomic E-state index is -4.40. The Morgan fingerprint density at radius 3 is 1.01 bits per heavy atom.